The van der Waals surface area contributed by atoms with Gasteiger partial charge in [-0.3, -0.25) is 4.79 Å². The third kappa shape index (κ3) is 3.26. The lowest BCUT2D eigenvalue weighted by molar-refractivity contribution is 0.0955. The molecule has 2 aromatic rings. The van der Waals surface area contributed by atoms with Crippen LogP contribution in [0.2, 0.25) is 0 Å². The van der Waals surface area contributed by atoms with Crippen molar-refractivity contribution in [3.63, 3.8) is 0 Å². The summed E-state index contributed by atoms with van der Waals surface area (Å²) in [5.41, 5.74) is 2.40. The highest BCUT2D eigenvalue weighted by Gasteiger charge is 2.17. The lowest BCUT2D eigenvalue weighted by Crippen LogP contribution is -2.21. The molecule has 0 saturated heterocycles. The fourth-order valence-corrected chi connectivity index (χ4v) is 4.45. The molecule has 0 unspecified atom stereocenters. The summed E-state index contributed by atoms with van der Waals surface area (Å²) < 4.78 is 10.7. The zero-order chi connectivity index (χ0) is 16.4. The van der Waals surface area contributed by atoms with Gasteiger partial charge in [0, 0.05) is 11.4 Å². The maximum absolute atomic E-state index is 12.5. The van der Waals surface area contributed by atoms with Crippen LogP contribution in [0.25, 0.3) is 0 Å². The van der Waals surface area contributed by atoms with Gasteiger partial charge in [0.15, 0.2) is 11.5 Å². The number of fused-ring (bicyclic) bond motifs is 2. The van der Waals surface area contributed by atoms with Crippen LogP contribution in [0.4, 0.5) is 0 Å². The highest BCUT2D eigenvalue weighted by Crippen LogP contribution is 2.32. The van der Waals surface area contributed by atoms with Gasteiger partial charge in [-0.05, 0) is 55.0 Å². The summed E-state index contributed by atoms with van der Waals surface area (Å²) in [5.74, 6) is 1.54. The summed E-state index contributed by atoms with van der Waals surface area (Å²) in [6.45, 7) is 0.768. The van der Waals surface area contributed by atoms with Gasteiger partial charge in [0.25, 0.3) is 5.91 Å². The number of carbonyl (C=O) groups is 1. The Morgan fingerprint density at radius 2 is 1.88 bits per heavy atom. The van der Waals surface area contributed by atoms with Crippen LogP contribution in [0, 0.1) is 0 Å². The predicted octanol–water partition coefficient (Wildman–Crippen LogP) is 4.07. The number of nitrogens with one attached hydrogen (secondary N) is 1. The first-order valence-corrected chi connectivity index (χ1v) is 9.39. The first kappa shape index (κ1) is 15.5. The summed E-state index contributed by atoms with van der Waals surface area (Å²) in [5, 5.41) is 3.02. The second-order valence-corrected chi connectivity index (χ2v) is 7.48. The monoisotopic (exact) mass is 343 g/mol. The number of aryl methyl sites for hydroxylation is 2. The molecule has 0 spiro atoms. The van der Waals surface area contributed by atoms with Crippen LogP contribution >= 0.6 is 11.3 Å². The van der Waals surface area contributed by atoms with Crippen molar-refractivity contribution < 1.29 is 14.3 Å². The summed E-state index contributed by atoms with van der Waals surface area (Å²) >= 11 is 1.66. The molecular weight excluding hydrogens is 322 g/mol. The van der Waals surface area contributed by atoms with Crippen molar-refractivity contribution in [3.05, 3.63) is 45.1 Å². The first-order chi connectivity index (χ1) is 11.8. The van der Waals surface area contributed by atoms with E-state index in [9.17, 15) is 4.79 Å². The molecule has 2 heterocycles. The SMILES string of the molecule is O=C(NCc1ccc2c(c1)OCO2)c1cc2c(s1)CCCCCC2. The van der Waals surface area contributed by atoms with Gasteiger partial charge in [-0.15, -0.1) is 11.3 Å². The molecule has 126 valence electrons. The molecule has 24 heavy (non-hydrogen) atoms. The Kier molecular flexibility index (Phi) is 4.43. The van der Waals surface area contributed by atoms with E-state index in [1.165, 1.54) is 36.1 Å². The zero-order valence-corrected chi connectivity index (χ0v) is 14.4. The van der Waals surface area contributed by atoms with Crippen LogP contribution in [-0.4, -0.2) is 12.7 Å². The van der Waals surface area contributed by atoms with E-state index < -0.39 is 0 Å². The van der Waals surface area contributed by atoms with Crippen molar-refractivity contribution in [2.75, 3.05) is 6.79 Å². The Morgan fingerprint density at radius 3 is 2.79 bits per heavy atom. The lowest BCUT2D eigenvalue weighted by atomic mass is 10.00. The van der Waals surface area contributed by atoms with Crippen LogP contribution in [0.3, 0.4) is 0 Å². The number of amides is 1. The predicted molar refractivity (Wildman–Crippen MR) is 93.9 cm³/mol. The Bertz CT molecular complexity index is 728. The molecule has 0 radical (unpaired) electrons. The number of hydrogen-bond acceptors (Lipinski definition) is 4. The lowest BCUT2D eigenvalue weighted by Gasteiger charge is -2.07. The largest absolute Gasteiger partial charge is 0.454 e. The smallest absolute Gasteiger partial charge is 0.261 e. The quantitative estimate of drug-likeness (QED) is 0.914. The molecule has 4 rings (SSSR count). The van der Waals surface area contributed by atoms with E-state index in [0.29, 0.717) is 6.54 Å². The Labute approximate surface area is 145 Å². The minimum atomic E-state index is 0.0180. The Balaban J connectivity index is 1.42. The van der Waals surface area contributed by atoms with Crippen LogP contribution in [0.15, 0.2) is 24.3 Å². The van der Waals surface area contributed by atoms with Gasteiger partial charge >= 0.3 is 0 Å². The van der Waals surface area contributed by atoms with E-state index in [1.807, 2.05) is 18.2 Å². The van der Waals surface area contributed by atoms with E-state index >= 15 is 0 Å². The summed E-state index contributed by atoms with van der Waals surface area (Å²) in [4.78, 5) is 14.7. The highest BCUT2D eigenvalue weighted by molar-refractivity contribution is 7.14. The standard InChI is InChI=1S/C19H21NO3S/c21-19(18-10-14-5-3-1-2-4-6-17(14)24-18)20-11-13-7-8-15-16(9-13)23-12-22-15/h7-10H,1-6,11-12H2,(H,20,21). The van der Waals surface area contributed by atoms with E-state index in [1.54, 1.807) is 11.3 Å². The number of rotatable bonds is 3. The molecule has 1 aliphatic carbocycles. The van der Waals surface area contributed by atoms with Gasteiger partial charge in [0.1, 0.15) is 0 Å². The van der Waals surface area contributed by atoms with Crippen molar-refractivity contribution in [2.24, 2.45) is 0 Å². The molecule has 5 heteroatoms. The van der Waals surface area contributed by atoms with Gasteiger partial charge in [-0.1, -0.05) is 18.9 Å². The van der Waals surface area contributed by atoms with Crippen LogP contribution < -0.4 is 14.8 Å². The number of hydrogen-bond donors (Lipinski definition) is 1. The van der Waals surface area contributed by atoms with E-state index in [0.717, 1.165) is 34.8 Å². The normalized spacial score (nSPS) is 16.2. The Morgan fingerprint density at radius 1 is 1.04 bits per heavy atom. The number of ether oxygens (including phenoxy) is 2. The van der Waals surface area contributed by atoms with E-state index in [2.05, 4.69) is 11.4 Å². The number of benzene rings is 1. The fourth-order valence-electron chi connectivity index (χ4n) is 3.28. The molecule has 0 bridgehead atoms. The van der Waals surface area contributed by atoms with Crippen molar-refractivity contribution in [3.8, 4) is 11.5 Å². The number of carbonyl (C=O) groups excluding carboxylic acids is 1. The fraction of sp³-hybridized carbons (Fsp3) is 0.421. The maximum Gasteiger partial charge on any atom is 0.261 e. The van der Waals surface area contributed by atoms with Crippen LogP contribution in [0.5, 0.6) is 11.5 Å². The molecule has 1 amide bonds. The molecule has 1 aromatic heterocycles. The van der Waals surface area contributed by atoms with Crippen molar-refractivity contribution >= 4 is 17.2 Å². The summed E-state index contributed by atoms with van der Waals surface area (Å²) in [7, 11) is 0. The van der Waals surface area contributed by atoms with Gasteiger partial charge in [0.2, 0.25) is 6.79 Å². The minimum absolute atomic E-state index is 0.0180. The molecule has 4 nitrogen and oxygen atoms in total. The van der Waals surface area contributed by atoms with Crippen molar-refractivity contribution in [2.45, 2.75) is 45.1 Å². The maximum atomic E-state index is 12.5. The third-order valence-corrected chi connectivity index (χ3v) is 5.85. The van der Waals surface area contributed by atoms with E-state index in [-0.39, 0.29) is 12.7 Å². The average Bonchev–Trinajstić information content (AvgIpc) is 3.19. The molecule has 1 aromatic carbocycles. The topological polar surface area (TPSA) is 47.6 Å². The van der Waals surface area contributed by atoms with Crippen molar-refractivity contribution in [1.82, 2.24) is 5.32 Å². The van der Waals surface area contributed by atoms with Gasteiger partial charge in [0.05, 0.1) is 4.88 Å². The number of thiophene rings is 1. The van der Waals surface area contributed by atoms with E-state index in [4.69, 9.17) is 9.47 Å². The zero-order valence-electron chi connectivity index (χ0n) is 13.6. The van der Waals surface area contributed by atoms with Gasteiger partial charge in [-0.2, -0.15) is 0 Å². The molecule has 0 fully saturated rings. The van der Waals surface area contributed by atoms with Gasteiger partial charge < -0.3 is 14.8 Å². The van der Waals surface area contributed by atoms with Crippen LogP contribution in [0.1, 0.15) is 51.4 Å². The second-order valence-electron chi connectivity index (χ2n) is 6.34. The molecule has 1 N–H and O–H groups in total. The molecular formula is C19H21NO3S. The average molecular weight is 343 g/mol. The highest BCUT2D eigenvalue weighted by atomic mass is 32.1. The molecule has 0 atom stereocenters. The summed E-state index contributed by atoms with van der Waals surface area (Å²) in [6.07, 6.45) is 7.33. The Hall–Kier alpha value is -2.01. The van der Waals surface area contributed by atoms with Gasteiger partial charge in [-0.25, -0.2) is 0 Å². The molecule has 1 aliphatic heterocycles. The molecule has 2 aliphatic rings. The first-order valence-electron chi connectivity index (χ1n) is 8.58. The minimum Gasteiger partial charge on any atom is -0.454 e. The summed E-state index contributed by atoms with van der Waals surface area (Å²) in [6, 6.07) is 7.87. The molecule has 0 saturated carbocycles. The van der Waals surface area contributed by atoms with Crippen molar-refractivity contribution in [1.29, 1.82) is 0 Å². The third-order valence-electron chi connectivity index (χ3n) is 4.61. The second kappa shape index (κ2) is 6.85. The van der Waals surface area contributed by atoms with Crippen LogP contribution in [-0.2, 0) is 19.4 Å².